The van der Waals surface area contributed by atoms with Gasteiger partial charge in [0.05, 0.1) is 6.42 Å². The zero-order valence-electron chi connectivity index (χ0n) is 11.7. The van der Waals surface area contributed by atoms with Crippen LogP contribution in [0, 0.1) is 12.8 Å². The highest BCUT2D eigenvalue weighted by Gasteiger charge is 2.13. The second-order valence-electron chi connectivity index (χ2n) is 5.44. The Kier molecular flexibility index (Phi) is 5.40. The molecular weight excluding hydrogens is 236 g/mol. The average Bonchev–Trinajstić information content (AvgIpc) is 2.43. The number of hydrogen-bond acceptors (Lipinski definition) is 2. The first-order valence-corrected chi connectivity index (χ1v) is 7.27. The molecule has 0 bridgehead atoms. The minimum Gasteiger partial charge on any atom is -0.356 e. The van der Waals surface area contributed by atoms with Crippen LogP contribution < -0.4 is 10.6 Å². The van der Waals surface area contributed by atoms with Crippen molar-refractivity contribution in [2.75, 3.05) is 19.6 Å². The summed E-state index contributed by atoms with van der Waals surface area (Å²) in [6.45, 7) is 5.12. The summed E-state index contributed by atoms with van der Waals surface area (Å²) in [6, 6.07) is 8.08. The van der Waals surface area contributed by atoms with E-state index in [1.54, 1.807) is 0 Å². The smallest absolute Gasteiger partial charge is 0.224 e. The van der Waals surface area contributed by atoms with Crippen molar-refractivity contribution in [1.82, 2.24) is 10.6 Å². The van der Waals surface area contributed by atoms with Gasteiger partial charge in [-0.25, -0.2) is 0 Å². The van der Waals surface area contributed by atoms with Gasteiger partial charge in [-0.1, -0.05) is 24.3 Å². The van der Waals surface area contributed by atoms with Crippen molar-refractivity contribution in [3.63, 3.8) is 0 Å². The Balaban J connectivity index is 1.68. The molecule has 0 aromatic heterocycles. The Hall–Kier alpha value is -1.35. The Morgan fingerprint density at radius 1 is 1.32 bits per heavy atom. The van der Waals surface area contributed by atoms with Crippen molar-refractivity contribution >= 4 is 5.91 Å². The van der Waals surface area contributed by atoms with E-state index in [4.69, 9.17) is 0 Å². The van der Waals surface area contributed by atoms with E-state index in [1.807, 2.05) is 18.2 Å². The molecule has 1 fully saturated rings. The lowest BCUT2D eigenvalue weighted by Gasteiger charge is -2.22. The molecule has 1 saturated heterocycles. The van der Waals surface area contributed by atoms with Crippen LogP contribution >= 0.6 is 0 Å². The first kappa shape index (κ1) is 14.1. The molecule has 0 radical (unpaired) electrons. The number of aryl methyl sites for hydroxylation is 1. The molecule has 0 saturated carbocycles. The summed E-state index contributed by atoms with van der Waals surface area (Å²) in [4.78, 5) is 11.9. The van der Waals surface area contributed by atoms with Crippen LogP contribution in [0.25, 0.3) is 0 Å². The molecule has 0 spiro atoms. The number of carbonyl (C=O) groups excluding carboxylic acids is 1. The van der Waals surface area contributed by atoms with E-state index in [-0.39, 0.29) is 5.91 Å². The van der Waals surface area contributed by atoms with E-state index in [1.165, 1.54) is 18.4 Å². The molecule has 3 heteroatoms. The number of piperidine rings is 1. The van der Waals surface area contributed by atoms with Gasteiger partial charge in [-0.15, -0.1) is 0 Å². The lowest BCUT2D eigenvalue weighted by Crippen LogP contribution is -2.32. The van der Waals surface area contributed by atoms with Crippen LogP contribution in [0.15, 0.2) is 24.3 Å². The van der Waals surface area contributed by atoms with E-state index in [2.05, 4.69) is 23.6 Å². The number of nitrogens with one attached hydrogen (secondary N) is 2. The molecule has 0 unspecified atom stereocenters. The van der Waals surface area contributed by atoms with Crippen LogP contribution in [0.5, 0.6) is 0 Å². The number of hydrogen-bond donors (Lipinski definition) is 2. The lowest BCUT2D eigenvalue weighted by molar-refractivity contribution is -0.120. The molecule has 2 rings (SSSR count). The summed E-state index contributed by atoms with van der Waals surface area (Å²) in [5.41, 5.74) is 2.32. The third-order valence-electron chi connectivity index (χ3n) is 3.95. The Labute approximate surface area is 115 Å². The van der Waals surface area contributed by atoms with Gasteiger partial charge in [-0.05, 0) is 56.3 Å². The number of carbonyl (C=O) groups is 1. The summed E-state index contributed by atoms with van der Waals surface area (Å²) in [7, 11) is 0. The average molecular weight is 260 g/mol. The lowest BCUT2D eigenvalue weighted by atomic mass is 9.95. The van der Waals surface area contributed by atoms with Gasteiger partial charge in [0.25, 0.3) is 0 Å². The van der Waals surface area contributed by atoms with Crippen molar-refractivity contribution in [1.29, 1.82) is 0 Å². The third-order valence-corrected chi connectivity index (χ3v) is 3.95. The molecule has 2 N–H and O–H groups in total. The van der Waals surface area contributed by atoms with Gasteiger partial charge in [-0.3, -0.25) is 4.79 Å². The van der Waals surface area contributed by atoms with E-state index < -0.39 is 0 Å². The summed E-state index contributed by atoms with van der Waals surface area (Å²) >= 11 is 0. The van der Waals surface area contributed by atoms with Gasteiger partial charge in [0.1, 0.15) is 0 Å². The molecule has 0 atom stereocenters. The van der Waals surface area contributed by atoms with Crippen LogP contribution in [0.4, 0.5) is 0 Å². The molecule has 19 heavy (non-hydrogen) atoms. The number of rotatable bonds is 5. The summed E-state index contributed by atoms with van der Waals surface area (Å²) < 4.78 is 0. The third kappa shape index (κ3) is 4.67. The van der Waals surface area contributed by atoms with Gasteiger partial charge >= 0.3 is 0 Å². The van der Waals surface area contributed by atoms with Crippen LogP contribution in [0.3, 0.4) is 0 Å². The van der Waals surface area contributed by atoms with Gasteiger partial charge in [0, 0.05) is 6.54 Å². The van der Waals surface area contributed by atoms with Crippen LogP contribution in [-0.2, 0) is 11.2 Å². The van der Waals surface area contributed by atoms with Crippen molar-refractivity contribution < 1.29 is 4.79 Å². The van der Waals surface area contributed by atoms with E-state index in [9.17, 15) is 4.79 Å². The quantitative estimate of drug-likeness (QED) is 0.850. The molecule has 1 aliphatic heterocycles. The van der Waals surface area contributed by atoms with Crippen LogP contribution in [0.2, 0.25) is 0 Å². The van der Waals surface area contributed by atoms with Crippen molar-refractivity contribution in [2.24, 2.45) is 5.92 Å². The normalized spacial score (nSPS) is 16.3. The van der Waals surface area contributed by atoms with Gasteiger partial charge in [-0.2, -0.15) is 0 Å². The minimum absolute atomic E-state index is 0.142. The number of amides is 1. The summed E-state index contributed by atoms with van der Waals surface area (Å²) in [6.07, 6.45) is 4.10. The first-order valence-electron chi connectivity index (χ1n) is 7.27. The molecule has 1 amide bonds. The monoisotopic (exact) mass is 260 g/mol. The zero-order chi connectivity index (χ0) is 13.5. The van der Waals surface area contributed by atoms with Crippen molar-refractivity contribution in [3.8, 4) is 0 Å². The molecular formula is C16H24N2O. The second-order valence-corrected chi connectivity index (χ2v) is 5.44. The van der Waals surface area contributed by atoms with Crippen LogP contribution in [0.1, 0.15) is 30.4 Å². The molecule has 0 aliphatic carbocycles. The molecule has 1 aromatic carbocycles. The maximum absolute atomic E-state index is 11.9. The maximum atomic E-state index is 11.9. The summed E-state index contributed by atoms with van der Waals surface area (Å²) in [5, 5.41) is 6.41. The Bertz CT molecular complexity index is 411. The number of benzene rings is 1. The summed E-state index contributed by atoms with van der Waals surface area (Å²) in [5.74, 6) is 0.920. The fourth-order valence-electron chi connectivity index (χ4n) is 2.63. The molecule has 1 aliphatic rings. The van der Waals surface area contributed by atoms with Crippen molar-refractivity contribution in [3.05, 3.63) is 35.4 Å². The molecule has 1 aromatic rings. The molecule has 1 heterocycles. The highest BCUT2D eigenvalue weighted by molar-refractivity contribution is 5.78. The molecule has 104 valence electrons. The maximum Gasteiger partial charge on any atom is 0.224 e. The van der Waals surface area contributed by atoms with Crippen LogP contribution in [-0.4, -0.2) is 25.5 Å². The van der Waals surface area contributed by atoms with Gasteiger partial charge in [0.2, 0.25) is 5.91 Å². The van der Waals surface area contributed by atoms with Gasteiger partial charge < -0.3 is 10.6 Å². The van der Waals surface area contributed by atoms with Crippen molar-refractivity contribution in [2.45, 2.75) is 32.6 Å². The van der Waals surface area contributed by atoms with E-state index in [0.29, 0.717) is 6.42 Å². The largest absolute Gasteiger partial charge is 0.356 e. The molecule has 3 nitrogen and oxygen atoms in total. The first-order chi connectivity index (χ1) is 9.25. The Morgan fingerprint density at radius 2 is 2.05 bits per heavy atom. The van der Waals surface area contributed by atoms with Gasteiger partial charge in [0.15, 0.2) is 0 Å². The highest BCUT2D eigenvalue weighted by atomic mass is 16.1. The second kappa shape index (κ2) is 7.29. The standard InChI is InChI=1S/C16H24N2O/c1-13-4-2-3-5-15(13)12-16(19)18-11-8-14-6-9-17-10-7-14/h2-5,14,17H,6-12H2,1H3,(H,18,19). The minimum atomic E-state index is 0.142. The predicted octanol–water partition coefficient (Wildman–Crippen LogP) is 2.04. The predicted molar refractivity (Wildman–Crippen MR) is 78.1 cm³/mol. The fourth-order valence-corrected chi connectivity index (χ4v) is 2.63. The SMILES string of the molecule is Cc1ccccc1CC(=O)NCCC1CCNCC1. The van der Waals surface area contributed by atoms with E-state index >= 15 is 0 Å². The fraction of sp³-hybridized carbons (Fsp3) is 0.562. The highest BCUT2D eigenvalue weighted by Crippen LogP contribution is 2.14. The topological polar surface area (TPSA) is 41.1 Å². The zero-order valence-corrected chi connectivity index (χ0v) is 11.7. The Morgan fingerprint density at radius 3 is 2.79 bits per heavy atom. The van der Waals surface area contributed by atoms with E-state index in [0.717, 1.165) is 37.5 Å².